The molecule has 3 rings (SSSR count). The molecule has 7 heteroatoms. The van der Waals surface area contributed by atoms with E-state index in [2.05, 4.69) is 6.58 Å². The molecule has 0 atom stereocenters. The summed E-state index contributed by atoms with van der Waals surface area (Å²) in [4.78, 5) is 0.135. The summed E-state index contributed by atoms with van der Waals surface area (Å²) >= 11 is 0. The first kappa shape index (κ1) is 19.1. The fourth-order valence-electron chi connectivity index (χ4n) is 2.73. The first-order valence-corrected chi connectivity index (χ1v) is 10.2. The first-order valence-electron chi connectivity index (χ1n) is 8.72. The molecule has 6 nitrogen and oxygen atoms in total. The number of hydrogen-bond acceptors (Lipinski definition) is 5. The summed E-state index contributed by atoms with van der Waals surface area (Å²) in [5, 5.41) is 0. The number of rotatable bonds is 7. The molecule has 144 valence electrons. The topological polar surface area (TPSA) is 65.1 Å². The molecule has 0 aromatic heterocycles. The molecule has 0 N–H and O–H groups in total. The van der Waals surface area contributed by atoms with Gasteiger partial charge in [-0.25, -0.2) is 8.42 Å². The Balaban J connectivity index is 1.94. The molecular weight excluding hydrogens is 366 g/mol. The fraction of sp³-hybridized carbons (Fsp3) is 0.300. The highest BCUT2D eigenvalue weighted by molar-refractivity contribution is 7.92. The van der Waals surface area contributed by atoms with E-state index in [9.17, 15) is 8.42 Å². The van der Waals surface area contributed by atoms with Crippen LogP contribution < -0.4 is 18.5 Å². The Bertz CT molecular complexity index is 906. The Morgan fingerprint density at radius 1 is 1.11 bits per heavy atom. The summed E-state index contributed by atoms with van der Waals surface area (Å²) in [7, 11) is -3.80. The van der Waals surface area contributed by atoms with E-state index in [1.54, 1.807) is 36.4 Å². The van der Waals surface area contributed by atoms with Gasteiger partial charge in [-0.05, 0) is 50.2 Å². The van der Waals surface area contributed by atoms with Crippen molar-refractivity contribution in [3.63, 3.8) is 0 Å². The zero-order valence-electron chi connectivity index (χ0n) is 15.4. The molecule has 0 bridgehead atoms. The van der Waals surface area contributed by atoms with Crippen molar-refractivity contribution >= 4 is 15.7 Å². The number of benzene rings is 2. The summed E-state index contributed by atoms with van der Waals surface area (Å²) in [6, 6.07) is 11.6. The van der Waals surface area contributed by atoms with Gasteiger partial charge in [0.05, 0.1) is 23.2 Å². The average molecular weight is 389 g/mol. The SMILES string of the molecule is C=CCN(c1ccc(OC(C)C)cc1)S(=O)(=O)c1ccc2c(c1)OCCO2. The smallest absolute Gasteiger partial charge is 0.264 e. The summed E-state index contributed by atoms with van der Waals surface area (Å²) in [6.45, 7) is 8.54. The largest absolute Gasteiger partial charge is 0.491 e. The third kappa shape index (κ3) is 4.19. The van der Waals surface area contributed by atoms with Crippen LogP contribution in [-0.4, -0.2) is 34.3 Å². The Morgan fingerprint density at radius 3 is 2.41 bits per heavy atom. The van der Waals surface area contributed by atoms with Gasteiger partial charge in [-0.15, -0.1) is 6.58 Å². The number of fused-ring (bicyclic) bond motifs is 1. The maximum Gasteiger partial charge on any atom is 0.264 e. The monoisotopic (exact) mass is 389 g/mol. The molecule has 1 heterocycles. The van der Waals surface area contributed by atoms with Crippen molar-refractivity contribution < 1.29 is 22.6 Å². The molecular formula is C20H23NO5S. The lowest BCUT2D eigenvalue weighted by Crippen LogP contribution is -2.31. The van der Waals surface area contributed by atoms with Gasteiger partial charge >= 0.3 is 0 Å². The van der Waals surface area contributed by atoms with Crippen LogP contribution in [0.3, 0.4) is 0 Å². The lowest BCUT2D eigenvalue weighted by Gasteiger charge is -2.25. The minimum Gasteiger partial charge on any atom is -0.491 e. The van der Waals surface area contributed by atoms with Gasteiger partial charge in [-0.1, -0.05) is 6.08 Å². The normalized spacial score (nSPS) is 13.3. The Morgan fingerprint density at radius 2 is 1.78 bits per heavy atom. The Labute approximate surface area is 160 Å². The maximum absolute atomic E-state index is 13.2. The standard InChI is InChI=1S/C20H23NO5S/c1-4-11-21(16-5-7-17(8-6-16)26-15(2)3)27(22,23)18-9-10-19-20(14-18)25-13-12-24-19/h4-10,14-15H,1,11-13H2,2-3H3. The third-order valence-electron chi connectivity index (χ3n) is 3.89. The predicted molar refractivity (Wildman–Crippen MR) is 104 cm³/mol. The van der Waals surface area contributed by atoms with Gasteiger partial charge in [-0.3, -0.25) is 4.31 Å². The number of sulfonamides is 1. The summed E-state index contributed by atoms with van der Waals surface area (Å²) in [6.07, 6.45) is 1.59. The van der Waals surface area contributed by atoms with Crippen LogP contribution in [0.15, 0.2) is 60.0 Å². The van der Waals surface area contributed by atoms with Crippen molar-refractivity contribution in [3.05, 3.63) is 55.1 Å². The third-order valence-corrected chi connectivity index (χ3v) is 5.68. The molecule has 0 fully saturated rings. The molecule has 0 saturated heterocycles. The molecule has 0 spiro atoms. The van der Waals surface area contributed by atoms with Crippen molar-refractivity contribution in [2.45, 2.75) is 24.8 Å². The van der Waals surface area contributed by atoms with E-state index in [1.807, 2.05) is 13.8 Å². The van der Waals surface area contributed by atoms with Gasteiger partial charge in [0.15, 0.2) is 11.5 Å². The molecule has 0 saturated carbocycles. The summed E-state index contributed by atoms with van der Waals surface area (Å²) < 4.78 is 44.3. The van der Waals surface area contributed by atoms with E-state index in [4.69, 9.17) is 14.2 Å². The second kappa shape index (κ2) is 7.92. The van der Waals surface area contributed by atoms with Gasteiger partial charge in [-0.2, -0.15) is 0 Å². The number of ether oxygens (including phenoxy) is 3. The van der Waals surface area contributed by atoms with Gasteiger partial charge in [0.25, 0.3) is 10.0 Å². The first-order chi connectivity index (χ1) is 12.9. The van der Waals surface area contributed by atoms with Crippen molar-refractivity contribution in [2.24, 2.45) is 0 Å². The second-order valence-electron chi connectivity index (χ2n) is 6.29. The zero-order valence-corrected chi connectivity index (χ0v) is 16.2. The molecule has 1 aliphatic rings. The second-order valence-corrected chi connectivity index (χ2v) is 8.15. The van der Waals surface area contributed by atoms with Crippen molar-refractivity contribution in [3.8, 4) is 17.2 Å². The van der Waals surface area contributed by atoms with Crippen LogP contribution in [0.25, 0.3) is 0 Å². The van der Waals surface area contributed by atoms with E-state index < -0.39 is 10.0 Å². The van der Waals surface area contributed by atoms with Gasteiger partial charge in [0.1, 0.15) is 19.0 Å². The predicted octanol–water partition coefficient (Wildman–Crippen LogP) is 3.63. The maximum atomic E-state index is 13.2. The molecule has 2 aromatic carbocycles. The van der Waals surface area contributed by atoms with Crippen LogP contribution >= 0.6 is 0 Å². The van der Waals surface area contributed by atoms with Crippen molar-refractivity contribution in [1.82, 2.24) is 0 Å². The quantitative estimate of drug-likeness (QED) is 0.677. The van der Waals surface area contributed by atoms with Gasteiger partial charge < -0.3 is 14.2 Å². The molecule has 1 aliphatic heterocycles. The van der Waals surface area contributed by atoms with Crippen LogP contribution in [0.2, 0.25) is 0 Å². The van der Waals surface area contributed by atoms with Gasteiger partial charge in [0, 0.05) is 6.07 Å². The van der Waals surface area contributed by atoms with Crippen LogP contribution in [-0.2, 0) is 10.0 Å². The highest BCUT2D eigenvalue weighted by Crippen LogP contribution is 2.34. The fourth-order valence-corrected chi connectivity index (χ4v) is 4.19. The van der Waals surface area contributed by atoms with E-state index >= 15 is 0 Å². The summed E-state index contributed by atoms with van der Waals surface area (Å²) in [5.74, 6) is 1.66. The van der Waals surface area contributed by atoms with Crippen molar-refractivity contribution in [1.29, 1.82) is 0 Å². The van der Waals surface area contributed by atoms with Crippen LogP contribution in [0.4, 0.5) is 5.69 Å². The van der Waals surface area contributed by atoms with Crippen LogP contribution in [0.5, 0.6) is 17.2 Å². The lowest BCUT2D eigenvalue weighted by molar-refractivity contribution is 0.171. The zero-order chi connectivity index (χ0) is 19.4. The minimum atomic E-state index is -3.80. The Kier molecular flexibility index (Phi) is 5.60. The highest BCUT2D eigenvalue weighted by Gasteiger charge is 2.26. The van der Waals surface area contributed by atoms with E-state index in [-0.39, 0.29) is 17.5 Å². The van der Waals surface area contributed by atoms with E-state index in [1.165, 1.54) is 16.4 Å². The Hall–Kier alpha value is -2.67. The lowest BCUT2D eigenvalue weighted by atomic mass is 10.3. The number of anilines is 1. The van der Waals surface area contributed by atoms with Crippen LogP contribution in [0, 0.1) is 0 Å². The van der Waals surface area contributed by atoms with E-state index in [0.29, 0.717) is 36.1 Å². The minimum absolute atomic E-state index is 0.0431. The molecule has 0 amide bonds. The van der Waals surface area contributed by atoms with Gasteiger partial charge in [0.2, 0.25) is 0 Å². The highest BCUT2D eigenvalue weighted by atomic mass is 32.2. The molecule has 27 heavy (non-hydrogen) atoms. The average Bonchev–Trinajstić information content (AvgIpc) is 2.66. The molecule has 0 radical (unpaired) electrons. The molecule has 0 aliphatic carbocycles. The number of nitrogens with zero attached hydrogens (tertiary/aromatic N) is 1. The van der Waals surface area contributed by atoms with Crippen LogP contribution in [0.1, 0.15) is 13.8 Å². The number of hydrogen-bond donors (Lipinski definition) is 0. The molecule has 0 unspecified atom stereocenters. The van der Waals surface area contributed by atoms with E-state index in [0.717, 1.165) is 0 Å². The van der Waals surface area contributed by atoms with Crippen molar-refractivity contribution in [2.75, 3.05) is 24.1 Å². The molecule has 2 aromatic rings. The summed E-state index contributed by atoms with van der Waals surface area (Å²) in [5.41, 5.74) is 0.529.